The van der Waals surface area contributed by atoms with Crippen LogP contribution in [0.25, 0.3) is 117 Å². The number of ether oxygens (including phenoxy) is 3. The van der Waals surface area contributed by atoms with E-state index >= 15 is 13.2 Å². The third-order valence-corrected chi connectivity index (χ3v) is 21.1. The Bertz CT molecular complexity index is 7140. The van der Waals surface area contributed by atoms with Crippen molar-refractivity contribution in [3.63, 3.8) is 0 Å². The molecule has 9 N–H and O–H groups in total. The first kappa shape index (κ1) is 94.1. The highest BCUT2D eigenvalue weighted by Gasteiger charge is 2.34. The van der Waals surface area contributed by atoms with Crippen LogP contribution in [0.15, 0.2) is 215 Å². The Kier molecular flexibility index (Phi) is 28.1. The summed E-state index contributed by atoms with van der Waals surface area (Å²) in [5, 5.41) is 23.2. The quantitative estimate of drug-likeness (QED) is 0.0172. The number of aromatic nitrogens is 18. The molecular weight excluding hydrogens is 1850 g/mol. The van der Waals surface area contributed by atoms with E-state index in [1.807, 2.05) is 18.2 Å². The Hall–Kier alpha value is -14.6. The van der Waals surface area contributed by atoms with E-state index in [1.54, 1.807) is 148 Å². The average Bonchev–Trinajstić information content (AvgIpc) is 1.49. The van der Waals surface area contributed by atoms with Crippen LogP contribution < -0.4 is 53.0 Å². The number of halogens is 10. The molecular formula is C84H66Cl4F6N21O14PS. The SMILES string of the molecule is COc1ccc(-c2nn([C@@H](C)c3nc4cccc(Cl)c4c(=O)n3-c3ccccc3)c3ncnc(N)c23)c(F)c1F.COc1ccc(-c2nn([C@@H](C)c3nc4cccc(Cl)c4c(=O)n3-c3ccccc3)c3ncnc(N)c23)c(F)c1F.COc1ccc(-c2nn([C@@H](C)c3nc4cccc(Cl)c4c(=O)n3-c3ccccc3)c3ncnc(N)c23)c(F)c1F.Cl.O=S(=O)(O)O.O=[P+]([O-])OO.[HH]. The molecule has 0 amide bonds. The third-order valence-electron chi connectivity index (χ3n) is 20.1. The first-order valence-corrected chi connectivity index (χ1v) is 41.3. The monoisotopic (exact) mass is 1910 g/mol. The van der Waals surface area contributed by atoms with Crippen molar-refractivity contribution in [2.75, 3.05) is 38.5 Å². The third kappa shape index (κ3) is 18.4. The minimum absolute atomic E-state index is 0. The lowest BCUT2D eigenvalue weighted by molar-refractivity contribution is -0.244. The first-order valence-electron chi connectivity index (χ1n) is 37.7. The molecule has 0 aliphatic rings. The van der Waals surface area contributed by atoms with Crippen molar-refractivity contribution in [3.8, 4) is 68.1 Å². The topological polar surface area (TPSA) is 485 Å². The molecule has 0 saturated heterocycles. The molecule has 131 heavy (non-hydrogen) atoms. The summed E-state index contributed by atoms with van der Waals surface area (Å²) in [6.45, 7) is 5.28. The number of benzene rings is 9. The van der Waals surface area contributed by atoms with Gasteiger partial charge in [0.05, 0.1) is 102 Å². The normalized spacial score (nSPS) is 12.1. The summed E-state index contributed by atoms with van der Waals surface area (Å²) in [6.07, 6.45) is 3.74. The fourth-order valence-corrected chi connectivity index (χ4v) is 15.0. The van der Waals surface area contributed by atoms with Crippen molar-refractivity contribution in [3.05, 3.63) is 299 Å². The van der Waals surface area contributed by atoms with Crippen LogP contribution in [-0.4, -0.2) is 132 Å². The summed E-state index contributed by atoms with van der Waals surface area (Å²) >= 11 is 19.2. The predicted molar refractivity (Wildman–Crippen MR) is 478 cm³/mol. The number of rotatable bonds is 16. The second-order valence-electron chi connectivity index (χ2n) is 27.6. The van der Waals surface area contributed by atoms with Crippen molar-refractivity contribution in [2.24, 2.45) is 0 Å². The highest BCUT2D eigenvalue weighted by atomic mass is 35.5. The molecule has 0 fully saturated rings. The summed E-state index contributed by atoms with van der Waals surface area (Å²) in [7, 11) is -3.99. The molecule has 0 aliphatic carbocycles. The molecule has 672 valence electrons. The van der Waals surface area contributed by atoms with Crippen molar-refractivity contribution in [1.82, 2.24) is 87.9 Å². The Labute approximate surface area is 756 Å². The Morgan fingerprint density at radius 3 is 0.878 bits per heavy atom. The standard InChI is InChI=1S/3C28H20ClF2N7O2.ClH.HO4P.H2O4S.H2/c3*1-14(26-35-18-10-6-9-17(29)20(18)28(39)37(26)15-7-4-3-5-8-15)38-27-21(25(32)33-13-34-27)24(36-38)16-11-12-19(40-2)23(31)22(16)30;;1-4-5(2)3;1-5(2,3)4;/h3*3-14H,1-2H3,(H2,32,33,34);1H;1H;(H2,1,2,3,4);1H/t3*14-;;;;/m000..../s1. The van der Waals surface area contributed by atoms with Gasteiger partial charge in [-0.15, -0.1) is 12.4 Å². The molecule has 9 heterocycles. The van der Waals surface area contributed by atoms with Gasteiger partial charge < -0.3 is 36.3 Å². The number of methoxy groups -OCH3 is 3. The number of hydrogen-bond donors (Lipinski definition) is 6. The van der Waals surface area contributed by atoms with Crippen LogP contribution in [0.4, 0.5) is 43.8 Å². The molecule has 35 nitrogen and oxygen atoms in total. The van der Waals surface area contributed by atoms with Gasteiger partial charge in [-0.2, -0.15) is 36.9 Å². The van der Waals surface area contributed by atoms with Gasteiger partial charge in [0.1, 0.15) is 89.1 Å². The highest BCUT2D eigenvalue weighted by molar-refractivity contribution is 7.79. The maximum absolute atomic E-state index is 15.2. The predicted octanol–water partition coefficient (Wildman–Crippen LogP) is 15.5. The molecule has 4 atom stereocenters. The van der Waals surface area contributed by atoms with E-state index in [1.165, 1.54) is 104 Å². The molecule has 18 rings (SSSR count). The maximum Gasteiger partial charge on any atom is 0.521 e. The molecule has 0 bridgehead atoms. The van der Waals surface area contributed by atoms with Crippen LogP contribution in [0.3, 0.4) is 0 Å². The number of anilines is 3. The van der Waals surface area contributed by atoms with Crippen LogP contribution in [0.1, 0.15) is 57.8 Å². The highest BCUT2D eigenvalue weighted by Crippen LogP contribution is 2.42. The zero-order chi connectivity index (χ0) is 93.2. The second kappa shape index (κ2) is 39.2. The van der Waals surface area contributed by atoms with Gasteiger partial charge >= 0.3 is 18.7 Å². The van der Waals surface area contributed by atoms with E-state index in [0.29, 0.717) is 51.1 Å². The minimum Gasteiger partial charge on any atom is -0.565 e. The number of para-hydroxylation sites is 3. The van der Waals surface area contributed by atoms with Gasteiger partial charge in [0.15, 0.2) is 51.6 Å². The van der Waals surface area contributed by atoms with E-state index in [0.717, 1.165) is 0 Å². The Balaban J connectivity index is 0.000000168. The Morgan fingerprint density at radius 1 is 0.405 bits per heavy atom. The van der Waals surface area contributed by atoms with Crippen LogP contribution in [0.2, 0.25) is 15.1 Å². The number of nitrogens with two attached hydrogens (primary N) is 3. The largest absolute Gasteiger partial charge is 0.565 e. The lowest BCUT2D eigenvalue weighted by Gasteiger charge is -2.19. The molecule has 0 aliphatic heterocycles. The second-order valence-corrected chi connectivity index (χ2v) is 30.3. The van der Waals surface area contributed by atoms with E-state index in [2.05, 4.69) is 49.9 Å². The van der Waals surface area contributed by atoms with E-state index in [4.69, 9.17) is 113 Å². The number of hydrogen-bond acceptors (Lipinski definition) is 27. The fourth-order valence-electron chi connectivity index (χ4n) is 14.2. The van der Waals surface area contributed by atoms with Crippen LogP contribution in [0.5, 0.6) is 17.2 Å². The smallest absolute Gasteiger partial charge is 0.521 e. The minimum atomic E-state index is -4.67. The summed E-state index contributed by atoms with van der Waals surface area (Å²) in [5.74, 6) is -6.79. The average molecular weight is 1910 g/mol. The number of fused-ring (bicyclic) bond motifs is 6. The lowest BCUT2D eigenvalue weighted by Crippen LogP contribution is -2.27. The summed E-state index contributed by atoms with van der Waals surface area (Å²) in [5.41, 5.74) is 20.6. The molecule has 0 spiro atoms. The van der Waals surface area contributed by atoms with Crippen LogP contribution >= 0.6 is 55.5 Å². The van der Waals surface area contributed by atoms with Crippen LogP contribution in [-0.2, 0) is 19.6 Å². The van der Waals surface area contributed by atoms with Gasteiger partial charge in [-0.1, -0.05) is 108 Å². The van der Waals surface area contributed by atoms with E-state index in [9.17, 15) is 27.6 Å². The Morgan fingerprint density at radius 2 is 0.649 bits per heavy atom. The summed E-state index contributed by atoms with van der Waals surface area (Å²) in [4.78, 5) is 90.1. The fraction of sp³-hybridized carbons (Fsp3) is 0.107. The molecule has 1 unspecified atom stereocenters. The molecule has 18 aromatic rings. The van der Waals surface area contributed by atoms with E-state index < -0.39 is 71.7 Å². The number of nitrogens with zero attached hydrogens (tertiary/aromatic N) is 18. The summed E-state index contributed by atoms with van der Waals surface area (Å²) < 4.78 is 156. The zero-order valence-electron chi connectivity index (χ0n) is 68.1. The summed E-state index contributed by atoms with van der Waals surface area (Å²) in [6, 6.07) is 47.6. The molecule has 9 aromatic carbocycles. The molecule has 0 saturated carbocycles. The van der Waals surface area contributed by atoms with Crippen molar-refractivity contribution in [2.45, 2.75) is 38.9 Å². The van der Waals surface area contributed by atoms with Crippen molar-refractivity contribution in [1.29, 1.82) is 0 Å². The lowest BCUT2D eigenvalue weighted by atomic mass is 10.1. The van der Waals surface area contributed by atoms with E-state index in [-0.39, 0.29) is 163 Å². The van der Waals surface area contributed by atoms with Gasteiger partial charge in [-0.25, -0.2) is 77.3 Å². The van der Waals surface area contributed by atoms with Gasteiger partial charge in [-0.05, 0) is 135 Å². The van der Waals surface area contributed by atoms with Gasteiger partial charge in [0.2, 0.25) is 17.5 Å². The van der Waals surface area contributed by atoms with Gasteiger partial charge in [0, 0.05) is 22.8 Å². The van der Waals surface area contributed by atoms with Gasteiger partial charge in [0.25, 0.3) is 16.7 Å². The zero-order valence-corrected chi connectivity index (χ0v) is 72.9. The van der Waals surface area contributed by atoms with Crippen LogP contribution in [0, 0.1) is 34.9 Å². The molecule has 9 aromatic heterocycles. The molecule has 0 radical (unpaired) electrons. The number of nitrogen functional groups attached to an aromatic ring is 3. The maximum atomic E-state index is 15.2. The van der Waals surface area contributed by atoms with Crippen molar-refractivity contribution >= 4 is 149 Å². The first-order chi connectivity index (χ1) is 62.2. The van der Waals surface area contributed by atoms with Crippen molar-refractivity contribution < 1.29 is 78.9 Å². The van der Waals surface area contributed by atoms with Gasteiger partial charge in [-0.3, -0.25) is 37.2 Å². The molecule has 47 heteroatoms.